The van der Waals surface area contributed by atoms with Crippen LogP contribution in [-0.2, 0) is 16.0 Å². The zero-order valence-electron chi connectivity index (χ0n) is 12.6. The van der Waals surface area contributed by atoms with Crippen molar-refractivity contribution in [1.82, 2.24) is 5.32 Å². The molecule has 0 aromatic heterocycles. The van der Waals surface area contributed by atoms with Gasteiger partial charge < -0.3 is 14.8 Å². The molecule has 0 aliphatic heterocycles. The third kappa shape index (κ3) is 6.36. The lowest BCUT2D eigenvalue weighted by molar-refractivity contribution is -0.109. The van der Waals surface area contributed by atoms with Crippen LogP contribution in [0, 0.1) is 6.92 Å². The molecule has 110 valence electrons. The molecule has 1 amide bonds. The Morgan fingerprint density at radius 1 is 1.30 bits per heavy atom. The summed E-state index contributed by atoms with van der Waals surface area (Å²) in [6.07, 6.45) is 1.49. The number of aryl methyl sites for hydroxylation is 2. The van der Waals surface area contributed by atoms with Crippen LogP contribution in [0.25, 0.3) is 0 Å². The average Bonchev–Trinajstić information content (AvgIpc) is 2.34. The van der Waals surface area contributed by atoms with Gasteiger partial charge in [-0.15, -0.1) is 0 Å². The van der Waals surface area contributed by atoms with E-state index in [1.54, 1.807) is 20.8 Å². The molecule has 1 unspecified atom stereocenters. The molecule has 1 aromatic carbocycles. The van der Waals surface area contributed by atoms with Crippen LogP contribution in [-0.4, -0.2) is 24.0 Å². The maximum absolute atomic E-state index is 11.6. The minimum Gasteiger partial charge on any atom is -0.444 e. The van der Waals surface area contributed by atoms with Gasteiger partial charge in [-0.25, -0.2) is 4.79 Å². The summed E-state index contributed by atoms with van der Waals surface area (Å²) in [5.41, 5.74) is 1.79. The second-order valence-electron chi connectivity index (χ2n) is 5.91. The SMILES string of the molecule is Cc1ccc(CCC(C=O)NC(=O)OC(C)(C)C)cc1. The van der Waals surface area contributed by atoms with Crippen LogP contribution < -0.4 is 5.32 Å². The van der Waals surface area contributed by atoms with Crippen LogP contribution in [0.3, 0.4) is 0 Å². The number of carbonyl (C=O) groups excluding carboxylic acids is 2. The van der Waals surface area contributed by atoms with Crippen molar-refractivity contribution >= 4 is 12.4 Å². The van der Waals surface area contributed by atoms with E-state index in [2.05, 4.69) is 5.32 Å². The second-order valence-corrected chi connectivity index (χ2v) is 5.91. The van der Waals surface area contributed by atoms with E-state index in [4.69, 9.17) is 4.74 Å². The predicted molar refractivity (Wildman–Crippen MR) is 78.7 cm³/mol. The van der Waals surface area contributed by atoms with Gasteiger partial charge in [-0.1, -0.05) is 29.8 Å². The molecule has 0 saturated heterocycles. The fraction of sp³-hybridized carbons (Fsp3) is 0.500. The van der Waals surface area contributed by atoms with Crippen LogP contribution in [0.4, 0.5) is 4.79 Å². The highest BCUT2D eigenvalue weighted by Crippen LogP contribution is 2.09. The molecule has 1 aromatic rings. The molecular weight excluding hydrogens is 254 g/mol. The summed E-state index contributed by atoms with van der Waals surface area (Å²) in [5.74, 6) is 0. The highest BCUT2D eigenvalue weighted by atomic mass is 16.6. The summed E-state index contributed by atoms with van der Waals surface area (Å²) >= 11 is 0. The van der Waals surface area contributed by atoms with E-state index >= 15 is 0 Å². The number of benzene rings is 1. The molecule has 4 heteroatoms. The number of ether oxygens (including phenoxy) is 1. The van der Waals surface area contributed by atoms with Crippen molar-refractivity contribution in [2.24, 2.45) is 0 Å². The highest BCUT2D eigenvalue weighted by molar-refractivity contribution is 5.73. The molecule has 1 atom stereocenters. The smallest absolute Gasteiger partial charge is 0.408 e. The molecule has 0 aliphatic carbocycles. The third-order valence-electron chi connectivity index (χ3n) is 2.73. The van der Waals surface area contributed by atoms with E-state index in [1.807, 2.05) is 31.2 Å². The summed E-state index contributed by atoms with van der Waals surface area (Å²) in [5, 5.41) is 2.58. The predicted octanol–water partition coefficient (Wildman–Crippen LogP) is 3.02. The van der Waals surface area contributed by atoms with Gasteiger partial charge in [0.1, 0.15) is 11.9 Å². The number of carbonyl (C=O) groups is 2. The van der Waals surface area contributed by atoms with E-state index in [9.17, 15) is 9.59 Å². The van der Waals surface area contributed by atoms with Crippen molar-refractivity contribution in [3.63, 3.8) is 0 Å². The van der Waals surface area contributed by atoms with E-state index in [-0.39, 0.29) is 0 Å². The van der Waals surface area contributed by atoms with E-state index < -0.39 is 17.7 Å². The molecule has 0 fully saturated rings. The van der Waals surface area contributed by atoms with Crippen LogP contribution >= 0.6 is 0 Å². The van der Waals surface area contributed by atoms with E-state index in [1.165, 1.54) is 5.56 Å². The van der Waals surface area contributed by atoms with Crippen molar-refractivity contribution in [2.75, 3.05) is 0 Å². The Morgan fingerprint density at radius 2 is 1.90 bits per heavy atom. The summed E-state index contributed by atoms with van der Waals surface area (Å²) in [6.45, 7) is 7.39. The number of aldehydes is 1. The quantitative estimate of drug-likeness (QED) is 0.842. The molecule has 0 heterocycles. The van der Waals surface area contributed by atoms with Crippen LogP contribution in [0.15, 0.2) is 24.3 Å². The van der Waals surface area contributed by atoms with Crippen molar-refractivity contribution in [3.05, 3.63) is 35.4 Å². The van der Waals surface area contributed by atoms with Crippen molar-refractivity contribution in [1.29, 1.82) is 0 Å². The van der Waals surface area contributed by atoms with Gasteiger partial charge in [-0.05, 0) is 46.1 Å². The van der Waals surface area contributed by atoms with Gasteiger partial charge in [0.2, 0.25) is 0 Å². The second kappa shape index (κ2) is 7.08. The number of amides is 1. The Morgan fingerprint density at radius 3 is 2.40 bits per heavy atom. The maximum Gasteiger partial charge on any atom is 0.408 e. The van der Waals surface area contributed by atoms with Crippen molar-refractivity contribution in [3.8, 4) is 0 Å². The van der Waals surface area contributed by atoms with Gasteiger partial charge in [0, 0.05) is 0 Å². The van der Waals surface area contributed by atoms with Gasteiger partial charge >= 0.3 is 6.09 Å². The Kier molecular flexibility index (Phi) is 5.74. The number of nitrogens with one attached hydrogen (secondary N) is 1. The molecule has 4 nitrogen and oxygen atoms in total. The summed E-state index contributed by atoms with van der Waals surface area (Å²) in [7, 11) is 0. The normalized spacial score (nSPS) is 12.6. The summed E-state index contributed by atoms with van der Waals surface area (Å²) < 4.78 is 5.13. The van der Waals surface area contributed by atoms with Crippen LogP contribution in [0.5, 0.6) is 0 Å². The lowest BCUT2D eigenvalue weighted by Gasteiger charge is -2.21. The first-order chi connectivity index (χ1) is 9.30. The molecule has 1 N–H and O–H groups in total. The van der Waals surface area contributed by atoms with Gasteiger partial charge in [0.25, 0.3) is 0 Å². The summed E-state index contributed by atoms with van der Waals surface area (Å²) in [6, 6.07) is 7.61. The largest absolute Gasteiger partial charge is 0.444 e. The Hall–Kier alpha value is -1.84. The lowest BCUT2D eigenvalue weighted by atomic mass is 10.0. The zero-order valence-corrected chi connectivity index (χ0v) is 12.6. The molecule has 20 heavy (non-hydrogen) atoms. The number of rotatable bonds is 5. The van der Waals surface area contributed by atoms with E-state index in [0.717, 1.165) is 18.3 Å². The molecule has 0 saturated carbocycles. The first kappa shape index (κ1) is 16.2. The van der Waals surface area contributed by atoms with Crippen LogP contribution in [0.1, 0.15) is 38.3 Å². The van der Waals surface area contributed by atoms with E-state index in [0.29, 0.717) is 6.42 Å². The minimum absolute atomic E-state index is 0.522. The number of hydrogen-bond donors (Lipinski definition) is 1. The third-order valence-corrected chi connectivity index (χ3v) is 2.73. The fourth-order valence-electron chi connectivity index (χ4n) is 1.71. The summed E-state index contributed by atoms with van der Waals surface area (Å²) in [4.78, 5) is 22.6. The standard InChI is InChI=1S/C16H23NO3/c1-12-5-7-13(8-6-12)9-10-14(11-18)17-15(19)20-16(2,3)4/h5-8,11,14H,9-10H2,1-4H3,(H,17,19). The molecule has 0 radical (unpaired) electrons. The topological polar surface area (TPSA) is 55.4 Å². The average molecular weight is 277 g/mol. The van der Waals surface area contributed by atoms with Gasteiger partial charge in [-0.2, -0.15) is 0 Å². The number of hydrogen-bond acceptors (Lipinski definition) is 3. The van der Waals surface area contributed by atoms with Crippen LogP contribution in [0.2, 0.25) is 0 Å². The number of alkyl carbamates (subject to hydrolysis) is 1. The fourth-order valence-corrected chi connectivity index (χ4v) is 1.71. The Bertz CT molecular complexity index is 446. The van der Waals surface area contributed by atoms with Gasteiger partial charge in [0.05, 0.1) is 6.04 Å². The van der Waals surface area contributed by atoms with Gasteiger partial charge in [-0.3, -0.25) is 0 Å². The zero-order chi connectivity index (χ0) is 15.2. The highest BCUT2D eigenvalue weighted by Gasteiger charge is 2.19. The van der Waals surface area contributed by atoms with Crippen molar-refractivity contribution < 1.29 is 14.3 Å². The molecule has 0 bridgehead atoms. The maximum atomic E-state index is 11.6. The molecular formula is C16H23NO3. The molecule has 1 rings (SSSR count). The van der Waals surface area contributed by atoms with Gasteiger partial charge in [0.15, 0.2) is 0 Å². The first-order valence-corrected chi connectivity index (χ1v) is 6.80. The minimum atomic E-state index is -0.561. The lowest BCUT2D eigenvalue weighted by Crippen LogP contribution is -2.40. The molecule has 0 spiro atoms. The molecule has 0 aliphatic rings. The first-order valence-electron chi connectivity index (χ1n) is 6.80. The monoisotopic (exact) mass is 277 g/mol. The Balaban J connectivity index is 2.45. The Labute approximate surface area is 120 Å². The van der Waals surface area contributed by atoms with Crippen molar-refractivity contribution in [2.45, 2.75) is 52.2 Å².